The second-order valence-electron chi connectivity index (χ2n) is 4.00. The van der Waals surface area contributed by atoms with Crippen LogP contribution in [0.15, 0.2) is 30.3 Å². The minimum atomic E-state index is 0.626. The maximum Gasteiger partial charge on any atom is 0.159 e. The minimum Gasteiger partial charge on any atom is -0.487 e. The lowest BCUT2D eigenvalue weighted by molar-refractivity contribution is 0.326. The fourth-order valence-electron chi connectivity index (χ4n) is 1.76. The molecule has 1 heterocycles. The van der Waals surface area contributed by atoms with E-state index in [-0.39, 0.29) is 0 Å². The summed E-state index contributed by atoms with van der Waals surface area (Å²) in [6.45, 7) is 2.56. The molecule has 1 aromatic heterocycles. The third kappa shape index (κ3) is 3.82. The third-order valence-corrected chi connectivity index (χ3v) is 2.94. The molecule has 0 aliphatic carbocycles. The van der Waals surface area contributed by atoms with E-state index in [2.05, 4.69) is 15.5 Å². The van der Waals surface area contributed by atoms with Gasteiger partial charge in [0.1, 0.15) is 0 Å². The van der Waals surface area contributed by atoms with Crippen molar-refractivity contribution in [2.45, 2.75) is 26.2 Å². The molecule has 1 aromatic carbocycles. The Balaban J connectivity index is 1.95. The molecule has 6 heteroatoms. The number of aromatic nitrogens is 4. The van der Waals surface area contributed by atoms with E-state index in [9.17, 15) is 0 Å². The Hall–Kier alpha value is -1.82. The van der Waals surface area contributed by atoms with Crippen LogP contribution in [0.25, 0.3) is 5.69 Å². The van der Waals surface area contributed by atoms with Crippen molar-refractivity contribution in [1.29, 1.82) is 0 Å². The lowest BCUT2D eigenvalue weighted by Crippen LogP contribution is -2.06. The molecule has 19 heavy (non-hydrogen) atoms. The van der Waals surface area contributed by atoms with Crippen molar-refractivity contribution in [2.24, 2.45) is 0 Å². The van der Waals surface area contributed by atoms with E-state index in [1.54, 1.807) is 4.68 Å². The van der Waals surface area contributed by atoms with Gasteiger partial charge < -0.3 is 4.74 Å². The van der Waals surface area contributed by atoms with Gasteiger partial charge in [-0.2, -0.15) is 4.68 Å². The molecule has 0 radical (unpaired) electrons. The number of para-hydroxylation sites is 1. The first kappa shape index (κ1) is 13.6. The molecule has 0 atom stereocenters. The molecular formula is C13H16N4OS. The monoisotopic (exact) mass is 276 g/mol. The van der Waals surface area contributed by atoms with E-state index in [0.717, 1.165) is 30.8 Å². The minimum absolute atomic E-state index is 0.626. The average molecular weight is 276 g/mol. The summed E-state index contributed by atoms with van der Waals surface area (Å²) in [5.74, 6) is 0.838. The Morgan fingerprint density at radius 1 is 1.32 bits per heavy atom. The van der Waals surface area contributed by atoms with E-state index in [1.807, 2.05) is 37.3 Å². The van der Waals surface area contributed by atoms with Gasteiger partial charge in [-0.15, -0.1) is 5.10 Å². The summed E-state index contributed by atoms with van der Waals surface area (Å²) in [7, 11) is 0. The molecule has 0 N–H and O–H groups in total. The van der Waals surface area contributed by atoms with Gasteiger partial charge in [0, 0.05) is 12.8 Å². The number of tetrazole rings is 1. The normalized spacial score (nSPS) is 10.4. The summed E-state index contributed by atoms with van der Waals surface area (Å²) in [5, 5.41) is 12.5. The van der Waals surface area contributed by atoms with Crippen molar-refractivity contribution in [3.8, 4) is 5.69 Å². The van der Waals surface area contributed by atoms with Gasteiger partial charge in [-0.25, -0.2) is 0 Å². The van der Waals surface area contributed by atoms with Crippen LogP contribution in [-0.2, 0) is 11.2 Å². The Morgan fingerprint density at radius 3 is 2.84 bits per heavy atom. The lowest BCUT2D eigenvalue weighted by Gasteiger charge is -2.05. The van der Waals surface area contributed by atoms with Crippen LogP contribution in [0.2, 0.25) is 0 Å². The maximum atomic E-state index is 5.25. The molecule has 100 valence electrons. The zero-order chi connectivity index (χ0) is 13.5. The molecule has 0 saturated heterocycles. The first-order valence-corrected chi connectivity index (χ1v) is 6.70. The molecule has 0 fully saturated rings. The Bertz CT molecular complexity index is 526. The van der Waals surface area contributed by atoms with Crippen LogP contribution < -0.4 is 0 Å². The highest BCUT2D eigenvalue weighted by atomic mass is 32.1. The highest BCUT2D eigenvalue weighted by molar-refractivity contribution is 7.80. The second-order valence-corrected chi connectivity index (χ2v) is 4.46. The van der Waals surface area contributed by atoms with Gasteiger partial charge in [-0.1, -0.05) is 18.2 Å². The van der Waals surface area contributed by atoms with Gasteiger partial charge in [-0.3, -0.25) is 0 Å². The molecule has 0 unspecified atom stereocenters. The van der Waals surface area contributed by atoms with Crippen LogP contribution in [0.3, 0.4) is 0 Å². The van der Waals surface area contributed by atoms with Crippen molar-refractivity contribution in [3.63, 3.8) is 0 Å². The maximum absolute atomic E-state index is 5.25. The number of ether oxygens (including phenoxy) is 1. The number of thiocarbonyl (C=S) groups is 1. The van der Waals surface area contributed by atoms with Gasteiger partial charge in [-0.05, 0) is 48.1 Å². The molecule has 0 bridgehead atoms. The van der Waals surface area contributed by atoms with Crippen LogP contribution >= 0.6 is 12.2 Å². The van der Waals surface area contributed by atoms with Crippen LogP contribution in [0.4, 0.5) is 0 Å². The van der Waals surface area contributed by atoms with E-state index < -0.39 is 0 Å². The van der Waals surface area contributed by atoms with E-state index in [4.69, 9.17) is 17.0 Å². The number of nitrogens with zero attached hydrogens (tertiary/aromatic N) is 4. The van der Waals surface area contributed by atoms with E-state index >= 15 is 0 Å². The number of aryl methyl sites for hydroxylation is 1. The molecule has 2 aromatic rings. The highest BCUT2D eigenvalue weighted by Crippen LogP contribution is 2.09. The lowest BCUT2D eigenvalue weighted by atomic mass is 10.2. The Labute approximate surface area is 117 Å². The smallest absolute Gasteiger partial charge is 0.159 e. The van der Waals surface area contributed by atoms with Crippen LogP contribution in [-0.4, -0.2) is 31.9 Å². The first-order chi connectivity index (χ1) is 9.31. The van der Waals surface area contributed by atoms with Crippen molar-refractivity contribution in [1.82, 2.24) is 20.2 Å². The highest BCUT2D eigenvalue weighted by Gasteiger charge is 2.08. The van der Waals surface area contributed by atoms with Crippen LogP contribution in [0.5, 0.6) is 0 Å². The summed E-state index contributed by atoms with van der Waals surface area (Å²) in [4.78, 5) is 0. The van der Waals surface area contributed by atoms with Gasteiger partial charge in [0.15, 0.2) is 10.9 Å². The largest absolute Gasteiger partial charge is 0.487 e. The fourth-order valence-corrected chi connectivity index (χ4v) is 2.02. The zero-order valence-electron chi connectivity index (χ0n) is 10.8. The third-order valence-electron chi connectivity index (χ3n) is 2.62. The Morgan fingerprint density at radius 2 is 2.11 bits per heavy atom. The zero-order valence-corrected chi connectivity index (χ0v) is 11.6. The average Bonchev–Trinajstić information content (AvgIpc) is 2.88. The summed E-state index contributed by atoms with van der Waals surface area (Å²) >= 11 is 5.09. The predicted molar refractivity (Wildman–Crippen MR) is 76.3 cm³/mol. The summed E-state index contributed by atoms with van der Waals surface area (Å²) in [6, 6.07) is 9.85. The number of benzene rings is 1. The molecule has 0 aliphatic heterocycles. The predicted octanol–water partition coefficient (Wildman–Crippen LogP) is 2.35. The van der Waals surface area contributed by atoms with Crippen LogP contribution in [0.1, 0.15) is 25.6 Å². The van der Waals surface area contributed by atoms with E-state index in [0.29, 0.717) is 11.7 Å². The number of rotatable bonds is 6. The van der Waals surface area contributed by atoms with Crippen molar-refractivity contribution in [3.05, 3.63) is 36.2 Å². The molecule has 2 rings (SSSR count). The molecule has 0 spiro atoms. The summed E-state index contributed by atoms with van der Waals surface area (Å²) in [5.41, 5.74) is 0.967. The first-order valence-electron chi connectivity index (χ1n) is 6.29. The van der Waals surface area contributed by atoms with Crippen molar-refractivity contribution in [2.75, 3.05) is 6.61 Å². The standard InChI is InChI=1S/C13H16N4OS/c1-2-18-13(19)10-6-9-12-14-15-16-17(12)11-7-4-3-5-8-11/h3-5,7-8H,2,6,9-10H2,1H3. The van der Waals surface area contributed by atoms with Gasteiger partial charge >= 0.3 is 0 Å². The molecular weight excluding hydrogens is 260 g/mol. The molecule has 0 saturated carbocycles. The van der Waals surface area contributed by atoms with Crippen molar-refractivity contribution >= 4 is 17.3 Å². The molecule has 5 nitrogen and oxygen atoms in total. The summed E-state index contributed by atoms with van der Waals surface area (Å²) in [6.07, 6.45) is 2.41. The number of hydrogen-bond donors (Lipinski definition) is 0. The molecule has 0 amide bonds. The van der Waals surface area contributed by atoms with Crippen molar-refractivity contribution < 1.29 is 4.74 Å². The summed E-state index contributed by atoms with van der Waals surface area (Å²) < 4.78 is 7.00. The number of hydrogen-bond acceptors (Lipinski definition) is 5. The van der Waals surface area contributed by atoms with E-state index in [1.165, 1.54) is 0 Å². The molecule has 0 aliphatic rings. The quantitative estimate of drug-likeness (QED) is 0.758. The second kappa shape index (κ2) is 6.94. The van der Waals surface area contributed by atoms with Gasteiger partial charge in [0.25, 0.3) is 0 Å². The fraction of sp³-hybridized carbons (Fsp3) is 0.385. The van der Waals surface area contributed by atoms with Gasteiger partial charge in [0.2, 0.25) is 0 Å². The van der Waals surface area contributed by atoms with Gasteiger partial charge in [0.05, 0.1) is 12.3 Å². The van der Waals surface area contributed by atoms with Crippen LogP contribution in [0, 0.1) is 0 Å². The SMILES string of the molecule is CCOC(=S)CCCc1nnnn1-c1ccccc1. The Kier molecular flexibility index (Phi) is 4.97. The topological polar surface area (TPSA) is 52.8 Å².